The molecule has 0 radical (unpaired) electrons. The molecule has 3 atom stereocenters. The third kappa shape index (κ3) is 77.2. The molecule has 8 nitrogen and oxygen atoms in total. The highest BCUT2D eigenvalue weighted by Crippen LogP contribution is 2.38. The summed E-state index contributed by atoms with van der Waals surface area (Å²) in [6.45, 7) is 4.67. The Kier molecular flexibility index (Phi) is 72.5. The average molecular weight is 1320 g/mol. The molecule has 0 aliphatic carbocycles. The van der Waals surface area contributed by atoms with Crippen molar-refractivity contribution in [2.24, 2.45) is 0 Å². The van der Waals surface area contributed by atoms with Crippen molar-refractivity contribution in [1.82, 2.24) is 5.32 Å². The summed E-state index contributed by atoms with van der Waals surface area (Å²) in [6, 6.07) is -0.803. The Balaban J connectivity index is 3.91. The van der Waals surface area contributed by atoms with E-state index in [1.54, 1.807) is 0 Å². The number of amides is 1. The molecule has 0 saturated heterocycles. The molecule has 0 spiro atoms. The van der Waals surface area contributed by atoms with Gasteiger partial charge in [-0.1, -0.05) is 408 Å². The van der Waals surface area contributed by atoms with E-state index in [1.807, 2.05) is 21.1 Å². The van der Waals surface area contributed by atoms with Gasteiger partial charge in [0.1, 0.15) is 13.2 Å². The van der Waals surface area contributed by atoms with E-state index in [1.165, 1.54) is 302 Å². The highest BCUT2D eigenvalue weighted by atomic mass is 31.2. The van der Waals surface area contributed by atoms with Crippen LogP contribution in [0.2, 0.25) is 0 Å². The lowest BCUT2D eigenvalue weighted by molar-refractivity contribution is -0.870. The molecular weight excluding hydrogens is 1160 g/mol. The fourth-order valence-electron chi connectivity index (χ4n) is 12.5. The van der Waals surface area contributed by atoms with Gasteiger partial charge in [-0.2, -0.15) is 0 Å². The summed E-state index contributed by atoms with van der Waals surface area (Å²) >= 11 is 0. The van der Waals surface area contributed by atoms with Gasteiger partial charge >= 0.3 is 0 Å². The molecule has 3 unspecified atom stereocenters. The number of phosphoric ester groups is 1. The van der Waals surface area contributed by atoms with Crippen molar-refractivity contribution in [2.75, 3.05) is 40.9 Å². The molecule has 2 N–H and O–H groups in total. The number of aliphatic hydroxyl groups is 1. The smallest absolute Gasteiger partial charge is 0.268 e. The number of nitrogens with one attached hydrogen (secondary N) is 1. The van der Waals surface area contributed by atoms with E-state index in [0.29, 0.717) is 23.9 Å². The third-order valence-electron chi connectivity index (χ3n) is 18.7. The van der Waals surface area contributed by atoms with Crippen LogP contribution in [0.4, 0.5) is 0 Å². The van der Waals surface area contributed by atoms with Crippen LogP contribution >= 0.6 is 7.82 Å². The second-order valence-corrected chi connectivity index (χ2v) is 30.5. The fraction of sp³-hybridized carbons (Fsp3) is 0.845. The molecule has 0 aromatic rings. The summed E-state index contributed by atoms with van der Waals surface area (Å²) in [7, 11) is 1.32. The Morgan fingerprint density at radius 1 is 0.387 bits per heavy atom. The Labute approximate surface area is 580 Å². The van der Waals surface area contributed by atoms with Gasteiger partial charge in [-0.05, 0) is 64.2 Å². The predicted octanol–water partition coefficient (Wildman–Crippen LogP) is 26.2. The number of allylic oxidation sites excluding steroid dienone is 12. The zero-order valence-electron chi connectivity index (χ0n) is 62.7. The zero-order chi connectivity index (χ0) is 67.6. The zero-order valence-corrected chi connectivity index (χ0v) is 63.6. The Bertz CT molecular complexity index is 1750. The molecule has 0 aromatic carbocycles. The summed E-state index contributed by atoms with van der Waals surface area (Å²) in [4.78, 5) is 25.8. The molecule has 0 fully saturated rings. The van der Waals surface area contributed by atoms with Gasteiger partial charge in [0.2, 0.25) is 5.91 Å². The third-order valence-corrected chi connectivity index (χ3v) is 19.7. The number of phosphoric acid groups is 1. The van der Waals surface area contributed by atoms with Crippen LogP contribution in [0.3, 0.4) is 0 Å². The SMILES string of the molecule is CC/C=C\C/C=C\C/C=C\C/C=C\C/C=C\C/C=C\CCCCCCCCCCCCCCCCCCCCCCCCC(=O)NC(COP(=O)([O-])OCC[N+](C)(C)C)C(O)CCCCCCCCCCCCCCCCCCCCCCCCCCCCCCCC. The van der Waals surface area contributed by atoms with Crippen LogP contribution in [0.5, 0.6) is 0 Å². The van der Waals surface area contributed by atoms with Crippen LogP contribution in [0.15, 0.2) is 72.9 Å². The van der Waals surface area contributed by atoms with Crippen LogP contribution in [0.1, 0.15) is 406 Å². The summed E-state index contributed by atoms with van der Waals surface area (Å²) in [5.41, 5.74) is 0. The summed E-state index contributed by atoms with van der Waals surface area (Å²) < 4.78 is 23.6. The minimum Gasteiger partial charge on any atom is -0.756 e. The topological polar surface area (TPSA) is 108 Å². The molecule has 0 saturated carbocycles. The number of likely N-dealkylation sites (N-methyl/N-ethyl adjacent to an activating group) is 1. The molecule has 0 heterocycles. The first-order chi connectivity index (χ1) is 45.5. The van der Waals surface area contributed by atoms with Gasteiger partial charge in [0.15, 0.2) is 0 Å². The number of rotatable bonds is 76. The van der Waals surface area contributed by atoms with E-state index < -0.39 is 20.0 Å². The van der Waals surface area contributed by atoms with Gasteiger partial charge in [0, 0.05) is 6.42 Å². The van der Waals surface area contributed by atoms with E-state index in [0.717, 1.165) is 77.0 Å². The molecule has 0 bridgehead atoms. The maximum absolute atomic E-state index is 13.1. The first-order valence-corrected chi connectivity index (χ1v) is 42.2. The number of nitrogens with zero attached hydrogens (tertiary/aromatic N) is 1. The van der Waals surface area contributed by atoms with Crippen molar-refractivity contribution in [3.63, 3.8) is 0 Å². The number of hydrogen-bond donors (Lipinski definition) is 2. The number of aliphatic hydroxyl groups excluding tert-OH is 1. The second kappa shape index (κ2) is 74.2. The lowest BCUT2D eigenvalue weighted by atomic mass is 10.0. The summed E-state index contributed by atoms with van der Waals surface area (Å²) in [5.74, 6) is -0.157. The van der Waals surface area contributed by atoms with E-state index in [4.69, 9.17) is 9.05 Å². The summed E-state index contributed by atoms with van der Waals surface area (Å²) in [5, 5.41) is 14.2. The van der Waals surface area contributed by atoms with Gasteiger partial charge in [-0.25, -0.2) is 0 Å². The lowest BCUT2D eigenvalue weighted by Crippen LogP contribution is -2.46. The normalized spacial score (nSPS) is 13.8. The Morgan fingerprint density at radius 3 is 0.957 bits per heavy atom. The minimum absolute atomic E-state index is 0.0134. The van der Waals surface area contributed by atoms with Crippen LogP contribution < -0.4 is 10.2 Å². The molecule has 1 amide bonds. The van der Waals surface area contributed by atoms with E-state index >= 15 is 0 Å². The second-order valence-electron chi connectivity index (χ2n) is 29.1. The van der Waals surface area contributed by atoms with Crippen molar-refractivity contribution >= 4 is 13.7 Å². The van der Waals surface area contributed by atoms with Crippen LogP contribution in [-0.2, 0) is 18.4 Å². The first kappa shape index (κ1) is 90.9. The van der Waals surface area contributed by atoms with Crippen LogP contribution in [0, 0.1) is 0 Å². The first-order valence-electron chi connectivity index (χ1n) is 40.8. The maximum Gasteiger partial charge on any atom is 0.268 e. The van der Waals surface area contributed by atoms with Gasteiger partial charge in [-0.3, -0.25) is 9.36 Å². The van der Waals surface area contributed by atoms with Crippen molar-refractivity contribution in [3.8, 4) is 0 Å². The largest absolute Gasteiger partial charge is 0.756 e. The molecule has 546 valence electrons. The highest BCUT2D eigenvalue weighted by molar-refractivity contribution is 7.45. The number of unbranched alkanes of at least 4 members (excludes halogenated alkanes) is 51. The summed E-state index contributed by atoms with van der Waals surface area (Å²) in [6.07, 6.45) is 105. The standard InChI is InChI=1S/C84H159N2O6P/c1-6-8-10-12-14-16-18-20-22-24-26-28-30-32-34-36-38-39-40-41-42-43-44-45-46-47-48-50-52-54-56-58-60-62-64-66-68-70-72-74-76-78-84(88)85-82(81-92-93(89,90)91-80-79-86(3,4)5)83(87)77-75-73-71-69-67-65-63-61-59-57-55-53-51-49-37-35-33-31-29-27-25-23-21-19-17-15-13-11-9-7-2/h8,10,14,16,20,22,26,28,32,34,38-39,82-83,87H,6-7,9,11-13,15,17-19,21,23-25,27,29-31,33,35-37,40-81H2,1-5H3,(H-,85,88,89,90)/b10-8-,16-14-,22-20-,28-26-,34-32-,39-38-. The molecule has 0 aromatic heterocycles. The van der Waals surface area contributed by atoms with Crippen molar-refractivity contribution < 1.29 is 32.9 Å². The van der Waals surface area contributed by atoms with E-state index in [-0.39, 0.29) is 19.1 Å². The average Bonchev–Trinajstić information content (AvgIpc) is 2.75. The number of carbonyl (C=O) groups is 1. The monoisotopic (exact) mass is 1320 g/mol. The number of quaternary nitrogens is 1. The molecule has 0 aliphatic rings. The van der Waals surface area contributed by atoms with Crippen molar-refractivity contribution in [2.45, 2.75) is 418 Å². The Hall–Kier alpha value is -2.06. The van der Waals surface area contributed by atoms with E-state index in [9.17, 15) is 19.4 Å². The predicted molar refractivity (Wildman–Crippen MR) is 408 cm³/mol. The molecule has 9 heteroatoms. The molecule has 0 aliphatic heterocycles. The molecule has 93 heavy (non-hydrogen) atoms. The minimum atomic E-state index is -4.59. The van der Waals surface area contributed by atoms with Gasteiger partial charge in [0.05, 0.1) is 39.9 Å². The van der Waals surface area contributed by atoms with E-state index in [2.05, 4.69) is 92.1 Å². The van der Waals surface area contributed by atoms with Gasteiger partial charge < -0.3 is 28.8 Å². The molecule has 0 rings (SSSR count). The number of carbonyl (C=O) groups excluding carboxylic acids is 1. The van der Waals surface area contributed by atoms with Crippen LogP contribution in [0.25, 0.3) is 0 Å². The highest BCUT2D eigenvalue weighted by Gasteiger charge is 2.24. The lowest BCUT2D eigenvalue weighted by Gasteiger charge is -2.30. The number of hydrogen-bond acceptors (Lipinski definition) is 6. The quantitative estimate of drug-likeness (QED) is 0.0272. The van der Waals surface area contributed by atoms with Crippen molar-refractivity contribution in [1.29, 1.82) is 0 Å². The Morgan fingerprint density at radius 2 is 0.656 bits per heavy atom. The fourth-order valence-corrected chi connectivity index (χ4v) is 13.2. The van der Waals surface area contributed by atoms with Crippen LogP contribution in [-0.4, -0.2) is 68.5 Å². The molecular formula is C84H159N2O6P. The van der Waals surface area contributed by atoms with Gasteiger partial charge in [0.25, 0.3) is 7.82 Å². The van der Waals surface area contributed by atoms with Crippen molar-refractivity contribution in [3.05, 3.63) is 72.9 Å². The maximum atomic E-state index is 13.1. The van der Waals surface area contributed by atoms with Gasteiger partial charge in [-0.15, -0.1) is 0 Å².